The molecule has 0 saturated heterocycles. The fourth-order valence-corrected chi connectivity index (χ4v) is 3.19. The predicted molar refractivity (Wildman–Crippen MR) is 101 cm³/mol. The van der Waals surface area contributed by atoms with Crippen LogP contribution in [-0.2, 0) is 13.6 Å². The maximum Gasteiger partial charge on any atom is 0.265 e. The van der Waals surface area contributed by atoms with Gasteiger partial charge in [-0.1, -0.05) is 12.1 Å². The molecule has 8 heteroatoms. The van der Waals surface area contributed by atoms with Crippen molar-refractivity contribution < 1.29 is 9.21 Å². The number of hydrogen-bond donors (Lipinski definition) is 1. The number of para-hydroxylation sites is 2. The van der Waals surface area contributed by atoms with Crippen LogP contribution in [0.4, 0.5) is 0 Å². The third-order valence-electron chi connectivity index (χ3n) is 4.56. The average Bonchev–Trinajstić information content (AvgIpc) is 3.23. The van der Waals surface area contributed by atoms with Crippen LogP contribution in [0.5, 0.6) is 0 Å². The Morgan fingerprint density at radius 2 is 2.04 bits per heavy atom. The zero-order chi connectivity index (χ0) is 19.0. The molecule has 1 amide bonds. The highest BCUT2D eigenvalue weighted by molar-refractivity contribution is 6.06. The topological polar surface area (TPSA) is 95.0 Å². The highest BCUT2D eigenvalue weighted by Gasteiger charge is 2.22. The normalized spacial score (nSPS) is 11.3. The van der Waals surface area contributed by atoms with Crippen LogP contribution in [-0.4, -0.2) is 31.6 Å². The monoisotopic (exact) mass is 365 g/mol. The summed E-state index contributed by atoms with van der Waals surface area (Å²) in [6.07, 6.45) is 3.91. The van der Waals surface area contributed by atoms with Crippen LogP contribution in [0.15, 0.2) is 46.1 Å². The molecule has 1 aromatic carbocycles. The lowest BCUT2D eigenvalue weighted by Gasteiger charge is -2.06. The summed E-state index contributed by atoms with van der Waals surface area (Å²) in [4.78, 5) is 33.4. The first kappa shape index (κ1) is 17.0. The number of amides is 1. The summed E-state index contributed by atoms with van der Waals surface area (Å²) in [5.74, 6) is 0.0609. The van der Waals surface area contributed by atoms with E-state index in [0.717, 1.165) is 24.0 Å². The second-order valence-electron chi connectivity index (χ2n) is 6.41. The van der Waals surface area contributed by atoms with Crippen LogP contribution < -0.4 is 10.9 Å². The third-order valence-corrected chi connectivity index (χ3v) is 4.56. The van der Waals surface area contributed by atoms with Gasteiger partial charge >= 0.3 is 0 Å². The van der Waals surface area contributed by atoms with E-state index in [-0.39, 0.29) is 28.1 Å². The summed E-state index contributed by atoms with van der Waals surface area (Å²) >= 11 is 0. The first-order valence-electron chi connectivity index (χ1n) is 8.69. The van der Waals surface area contributed by atoms with Gasteiger partial charge in [-0.05, 0) is 25.5 Å². The maximum atomic E-state index is 12.6. The van der Waals surface area contributed by atoms with E-state index in [2.05, 4.69) is 19.9 Å². The minimum absolute atomic E-state index is 0.186. The fourth-order valence-electron chi connectivity index (χ4n) is 3.19. The molecule has 0 spiro atoms. The van der Waals surface area contributed by atoms with E-state index < -0.39 is 0 Å². The second kappa shape index (κ2) is 6.71. The van der Waals surface area contributed by atoms with Crippen LogP contribution in [0.2, 0.25) is 0 Å². The van der Waals surface area contributed by atoms with Gasteiger partial charge in [-0.25, -0.2) is 9.97 Å². The lowest BCUT2D eigenvalue weighted by Crippen LogP contribution is -2.27. The standard InChI is InChI=1S/C19H19N5O3/c1-12-15(16-18(27-12)22-10-23(2)19(16)26)17(25)20-8-5-9-24-11-21-13-6-3-4-7-14(13)24/h3-4,6-7,10-11H,5,8-9H2,1-2H3,(H,20,25). The molecule has 0 radical (unpaired) electrons. The number of hydrogen-bond acceptors (Lipinski definition) is 5. The lowest BCUT2D eigenvalue weighted by atomic mass is 10.1. The molecule has 0 aliphatic rings. The Balaban J connectivity index is 1.46. The van der Waals surface area contributed by atoms with Gasteiger partial charge in [0.1, 0.15) is 17.5 Å². The van der Waals surface area contributed by atoms with E-state index in [0.29, 0.717) is 12.3 Å². The molecule has 0 unspecified atom stereocenters. The van der Waals surface area contributed by atoms with E-state index in [1.54, 1.807) is 20.3 Å². The number of carbonyl (C=O) groups is 1. The zero-order valence-corrected chi connectivity index (χ0v) is 15.1. The molecule has 138 valence electrons. The third kappa shape index (κ3) is 2.99. The van der Waals surface area contributed by atoms with Gasteiger partial charge in [-0.2, -0.15) is 0 Å². The van der Waals surface area contributed by atoms with Crippen molar-refractivity contribution in [2.75, 3.05) is 6.54 Å². The number of benzene rings is 1. The second-order valence-corrected chi connectivity index (χ2v) is 6.41. The van der Waals surface area contributed by atoms with Crippen LogP contribution in [0.25, 0.3) is 22.1 Å². The average molecular weight is 365 g/mol. The van der Waals surface area contributed by atoms with Crippen LogP contribution in [0.3, 0.4) is 0 Å². The Kier molecular flexibility index (Phi) is 4.23. The number of rotatable bonds is 5. The summed E-state index contributed by atoms with van der Waals surface area (Å²) in [6, 6.07) is 7.92. The smallest absolute Gasteiger partial charge is 0.265 e. The highest BCUT2D eigenvalue weighted by atomic mass is 16.3. The summed E-state index contributed by atoms with van der Waals surface area (Å²) in [6.45, 7) is 2.86. The first-order chi connectivity index (χ1) is 13.1. The molecule has 27 heavy (non-hydrogen) atoms. The summed E-state index contributed by atoms with van der Waals surface area (Å²) in [5, 5.41) is 3.08. The lowest BCUT2D eigenvalue weighted by molar-refractivity contribution is 0.0952. The molecule has 0 bridgehead atoms. The van der Waals surface area contributed by atoms with E-state index in [9.17, 15) is 9.59 Å². The van der Waals surface area contributed by atoms with Crippen molar-refractivity contribution in [2.24, 2.45) is 7.05 Å². The van der Waals surface area contributed by atoms with Crippen molar-refractivity contribution in [1.29, 1.82) is 0 Å². The number of imidazole rings is 1. The van der Waals surface area contributed by atoms with Crippen molar-refractivity contribution in [1.82, 2.24) is 24.4 Å². The predicted octanol–water partition coefficient (Wildman–Crippen LogP) is 2.00. The quantitative estimate of drug-likeness (QED) is 0.546. The maximum absolute atomic E-state index is 12.6. The van der Waals surface area contributed by atoms with Crippen LogP contribution >= 0.6 is 0 Å². The van der Waals surface area contributed by atoms with Crippen molar-refractivity contribution in [3.05, 3.63) is 58.6 Å². The van der Waals surface area contributed by atoms with E-state index in [1.807, 2.05) is 24.3 Å². The zero-order valence-electron chi connectivity index (χ0n) is 15.1. The number of nitrogens with one attached hydrogen (secondary N) is 1. The molecule has 0 fully saturated rings. The Morgan fingerprint density at radius 1 is 1.22 bits per heavy atom. The Labute approximate surface area is 154 Å². The molecular weight excluding hydrogens is 346 g/mol. The molecule has 0 aliphatic heterocycles. The van der Waals surface area contributed by atoms with Gasteiger partial charge in [0.05, 0.1) is 22.9 Å². The summed E-state index contributed by atoms with van der Waals surface area (Å²) in [7, 11) is 1.59. The molecule has 1 N–H and O–H groups in total. The minimum atomic E-state index is -0.327. The number of nitrogens with zero attached hydrogens (tertiary/aromatic N) is 4. The number of carbonyl (C=O) groups excluding carboxylic acids is 1. The van der Waals surface area contributed by atoms with Crippen molar-refractivity contribution >= 4 is 28.0 Å². The van der Waals surface area contributed by atoms with Gasteiger partial charge < -0.3 is 18.9 Å². The largest absolute Gasteiger partial charge is 0.442 e. The van der Waals surface area contributed by atoms with Gasteiger partial charge in [0, 0.05) is 20.1 Å². The summed E-state index contributed by atoms with van der Waals surface area (Å²) in [5.41, 5.74) is 2.16. The van der Waals surface area contributed by atoms with Gasteiger partial charge in [0.2, 0.25) is 5.71 Å². The SMILES string of the molecule is Cc1oc2ncn(C)c(=O)c2c1C(=O)NCCCn1cnc2ccccc21. The molecule has 4 aromatic rings. The Morgan fingerprint density at radius 3 is 2.89 bits per heavy atom. The van der Waals surface area contributed by atoms with Crippen LogP contribution in [0, 0.1) is 6.92 Å². The van der Waals surface area contributed by atoms with Gasteiger partial charge in [0.25, 0.3) is 11.5 Å². The Hall–Kier alpha value is -3.42. The number of aryl methyl sites for hydroxylation is 3. The van der Waals surface area contributed by atoms with Crippen LogP contribution in [0.1, 0.15) is 22.5 Å². The molecule has 0 saturated carbocycles. The van der Waals surface area contributed by atoms with Gasteiger partial charge in [0.15, 0.2) is 0 Å². The van der Waals surface area contributed by atoms with Crippen molar-refractivity contribution in [3.8, 4) is 0 Å². The first-order valence-corrected chi connectivity index (χ1v) is 8.69. The molecule has 4 rings (SSSR count). The van der Waals surface area contributed by atoms with Crippen molar-refractivity contribution in [2.45, 2.75) is 19.9 Å². The summed E-state index contributed by atoms with van der Waals surface area (Å²) < 4.78 is 8.86. The molecule has 3 aromatic heterocycles. The van der Waals surface area contributed by atoms with E-state index in [1.165, 1.54) is 10.9 Å². The minimum Gasteiger partial charge on any atom is -0.442 e. The molecule has 3 heterocycles. The molecule has 0 aliphatic carbocycles. The van der Waals surface area contributed by atoms with Crippen molar-refractivity contribution in [3.63, 3.8) is 0 Å². The number of aromatic nitrogens is 4. The Bertz CT molecular complexity index is 1200. The fraction of sp³-hybridized carbons (Fsp3) is 0.263. The van der Waals surface area contributed by atoms with E-state index in [4.69, 9.17) is 4.42 Å². The van der Waals surface area contributed by atoms with Gasteiger partial charge in [-0.15, -0.1) is 0 Å². The molecule has 0 atom stereocenters. The van der Waals surface area contributed by atoms with Gasteiger partial charge in [-0.3, -0.25) is 9.59 Å². The highest BCUT2D eigenvalue weighted by Crippen LogP contribution is 2.20. The number of furan rings is 1. The molecule has 8 nitrogen and oxygen atoms in total. The number of fused-ring (bicyclic) bond motifs is 2. The van der Waals surface area contributed by atoms with E-state index >= 15 is 0 Å². The molecular formula is C19H19N5O3.